The predicted octanol–water partition coefficient (Wildman–Crippen LogP) is 2.43. The normalized spacial score (nSPS) is 10.6. The first kappa shape index (κ1) is 18.2. The van der Waals surface area contributed by atoms with E-state index < -0.39 is 0 Å². The zero-order valence-electron chi connectivity index (χ0n) is 13.8. The van der Waals surface area contributed by atoms with E-state index in [-0.39, 0.29) is 18.4 Å². The highest BCUT2D eigenvalue weighted by molar-refractivity contribution is 5.96. The molecule has 1 aromatic rings. The van der Waals surface area contributed by atoms with E-state index in [4.69, 9.17) is 5.11 Å². The smallest absolute Gasteiger partial charge is 0.253 e. The minimum absolute atomic E-state index is 0.0207. The number of carbonyl (C=O) groups is 2. The van der Waals surface area contributed by atoms with E-state index in [1.165, 1.54) is 0 Å². The number of nitrogens with one attached hydrogen (secondary N) is 1. The van der Waals surface area contributed by atoms with Crippen LogP contribution in [0.25, 0.3) is 0 Å². The molecule has 0 spiro atoms. The van der Waals surface area contributed by atoms with Crippen LogP contribution in [0.15, 0.2) is 18.2 Å². The molecular weight excluding hydrogens is 280 g/mol. The van der Waals surface area contributed by atoms with Crippen LogP contribution < -0.4 is 5.32 Å². The lowest BCUT2D eigenvalue weighted by Crippen LogP contribution is -2.33. The summed E-state index contributed by atoms with van der Waals surface area (Å²) in [6.45, 7) is 8.54. The van der Waals surface area contributed by atoms with Gasteiger partial charge in [-0.05, 0) is 43.5 Å². The summed E-state index contributed by atoms with van der Waals surface area (Å²) in [5.41, 5.74) is 2.14. The zero-order chi connectivity index (χ0) is 16.7. The summed E-state index contributed by atoms with van der Waals surface area (Å²) >= 11 is 0. The van der Waals surface area contributed by atoms with Crippen molar-refractivity contribution in [1.29, 1.82) is 0 Å². The number of carbonyl (C=O) groups excluding carboxylic acids is 2. The van der Waals surface area contributed by atoms with Gasteiger partial charge < -0.3 is 15.3 Å². The fourth-order valence-corrected chi connectivity index (χ4v) is 2.22. The number of hydrogen-bond donors (Lipinski definition) is 2. The second-order valence-corrected chi connectivity index (χ2v) is 5.78. The van der Waals surface area contributed by atoms with Crippen molar-refractivity contribution < 1.29 is 14.7 Å². The Balaban J connectivity index is 2.85. The quantitative estimate of drug-likeness (QED) is 0.813. The van der Waals surface area contributed by atoms with Crippen molar-refractivity contribution in [3.05, 3.63) is 29.3 Å². The first-order valence-electron chi connectivity index (χ1n) is 7.69. The van der Waals surface area contributed by atoms with Gasteiger partial charge in [0, 0.05) is 30.8 Å². The number of aryl methyl sites for hydroxylation is 1. The highest BCUT2D eigenvalue weighted by atomic mass is 16.3. The van der Waals surface area contributed by atoms with Crippen LogP contribution in [0.2, 0.25) is 0 Å². The first-order chi connectivity index (χ1) is 10.4. The average molecular weight is 306 g/mol. The van der Waals surface area contributed by atoms with E-state index in [1.54, 1.807) is 23.1 Å². The largest absolute Gasteiger partial charge is 0.395 e. The molecule has 0 atom stereocenters. The molecule has 122 valence electrons. The molecule has 0 aromatic heterocycles. The van der Waals surface area contributed by atoms with E-state index in [0.29, 0.717) is 31.0 Å². The molecular formula is C17H26N2O3. The number of likely N-dealkylation sites (N-methyl/N-ethyl adjacent to an activating group) is 1. The number of benzene rings is 1. The minimum Gasteiger partial charge on any atom is -0.395 e. The number of aliphatic hydroxyl groups excluding tert-OH is 1. The Bertz CT molecular complexity index is 527. The molecule has 0 saturated heterocycles. The van der Waals surface area contributed by atoms with Crippen molar-refractivity contribution in [3.8, 4) is 0 Å². The maximum absolute atomic E-state index is 12.3. The number of anilines is 1. The van der Waals surface area contributed by atoms with Gasteiger partial charge in [-0.1, -0.05) is 13.8 Å². The molecule has 0 aliphatic heterocycles. The Morgan fingerprint density at radius 3 is 2.50 bits per heavy atom. The van der Waals surface area contributed by atoms with Crippen LogP contribution in [0.5, 0.6) is 0 Å². The highest BCUT2D eigenvalue weighted by Crippen LogP contribution is 2.18. The fourth-order valence-electron chi connectivity index (χ4n) is 2.22. The number of amides is 2. The average Bonchev–Trinajstić information content (AvgIpc) is 2.45. The molecule has 0 heterocycles. The standard InChI is InChI=1S/C17H26N2O3/c1-5-19(8-9-20)17(22)14-6-7-15(13(4)11-14)18-16(21)10-12(2)3/h6-7,11-12,20H,5,8-10H2,1-4H3,(H,18,21). The molecule has 2 N–H and O–H groups in total. The summed E-state index contributed by atoms with van der Waals surface area (Å²) < 4.78 is 0. The van der Waals surface area contributed by atoms with Crippen LogP contribution in [-0.4, -0.2) is 41.5 Å². The Kier molecular flexibility index (Phi) is 7.05. The molecule has 0 aliphatic rings. The number of hydrogen-bond acceptors (Lipinski definition) is 3. The maximum atomic E-state index is 12.3. The topological polar surface area (TPSA) is 69.6 Å². The van der Waals surface area contributed by atoms with Crippen LogP contribution in [0, 0.1) is 12.8 Å². The van der Waals surface area contributed by atoms with Crippen molar-refractivity contribution in [2.75, 3.05) is 25.0 Å². The van der Waals surface area contributed by atoms with Gasteiger partial charge in [-0.2, -0.15) is 0 Å². The van der Waals surface area contributed by atoms with Gasteiger partial charge in [0.2, 0.25) is 5.91 Å². The number of rotatable bonds is 7. The van der Waals surface area contributed by atoms with E-state index in [9.17, 15) is 9.59 Å². The molecule has 0 aliphatic carbocycles. The van der Waals surface area contributed by atoms with E-state index in [2.05, 4.69) is 5.32 Å². The lowest BCUT2D eigenvalue weighted by molar-refractivity contribution is -0.116. The van der Waals surface area contributed by atoms with Gasteiger partial charge >= 0.3 is 0 Å². The molecule has 0 bridgehead atoms. The Labute approximate surface area is 132 Å². The van der Waals surface area contributed by atoms with Gasteiger partial charge in [-0.25, -0.2) is 0 Å². The monoisotopic (exact) mass is 306 g/mol. The second-order valence-electron chi connectivity index (χ2n) is 5.78. The molecule has 0 unspecified atom stereocenters. The fraction of sp³-hybridized carbons (Fsp3) is 0.529. The van der Waals surface area contributed by atoms with E-state index in [1.807, 2.05) is 27.7 Å². The van der Waals surface area contributed by atoms with Crippen LogP contribution in [-0.2, 0) is 4.79 Å². The molecule has 0 radical (unpaired) electrons. The van der Waals surface area contributed by atoms with Crippen LogP contribution in [0.1, 0.15) is 43.1 Å². The van der Waals surface area contributed by atoms with Crippen molar-refractivity contribution in [1.82, 2.24) is 4.90 Å². The molecule has 22 heavy (non-hydrogen) atoms. The predicted molar refractivity (Wildman–Crippen MR) is 87.9 cm³/mol. The summed E-state index contributed by atoms with van der Waals surface area (Å²) in [6, 6.07) is 5.24. The third-order valence-electron chi connectivity index (χ3n) is 3.38. The molecule has 0 fully saturated rings. The first-order valence-corrected chi connectivity index (χ1v) is 7.69. The number of nitrogens with zero attached hydrogens (tertiary/aromatic N) is 1. The summed E-state index contributed by atoms with van der Waals surface area (Å²) in [5.74, 6) is 0.171. The third-order valence-corrected chi connectivity index (χ3v) is 3.38. The van der Waals surface area contributed by atoms with E-state index in [0.717, 1.165) is 11.3 Å². The van der Waals surface area contributed by atoms with Crippen molar-refractivity contribution in [3.63, 3.8) is 0 Å². The maximum Gasteiger partial charge on any atom is 0.253 e. The summed E-state index contributed by atoms with van der Waals surface area (Å²) in [6.07, 6.45) is 0.472. The molecule has 5 heteroatoms. The van der Waals surface area contributed by atoms with Gasteiger partial charge in [0.1, 0.15) is 0 Å². The van der Waals surface area contributed by atoms with Gasteiger partial charge in [-0.3, -0.25) is 9.59 Å². The molecule has 1 rings (SSSR count). The SMILES string of the molecule is CCN(CCO)C(=O)c1ccc(NC(=O)CC(C)C)c(C)c1. The Morgan fingerprint density at radius 1 is 1.32 bits per heavy atom. The summed E-state index contributed by atoms with van der Waals surface area (Å²) in [5, 5.41) is 11.9. The Hall–Kier alpha value is -1.88. The van der Waals surface area contributed by atoms with Gasteiger partial charge in [0.05, 0.1) is 6.61 Å². The van der Waals surface area contributed by atoms with Gasteiger partial charge in [0.25, 0.3) is 5.91 Å². The van der Waals surface area contributed by atoms with Crippen LogP contribution in [0.4, 0.5) is 5.69 Å². The van der Waals surface area contributed by atoms with Crippen LogP contribution in [0.3, 0.4) is 0 Å². The lowest BCUT2D eigenvalue weighted by atomic mass is 10.1. The minimum atomic E-state index is -0.111. The molecule has 0 saturated carbocycles. The number of aliphatic hydroxyl groups is 1. The molecule has 2 amide bonds. The van der Waals surface area contributed by atoms with Gasteiger partial charge in [-0.15, -0.1) is 0 Å². The van der Waals surface area contributed by atoms with Gasteiger partial charge in [0.15, 0.2) is 0 Å². The zero-order valence-corrected chi connectivity index (χ0v) is 13.8. The lowest BCUT2D eigenvalue weighted by Gasteiger charge is -2.20. The van der Waals surface area contributed by atoms with Crippen molar-refractivity contribution >= 4 is 17.5 Å². The van der Waals surface area contributed by atoms with Crippen molar-refractivity contribution in [2.45, 2.75) is 34.1 Å². The summed E-state index contributed by atoms with van der Waals surface area (Å²) in [4.78, 5) is 25.7. The highest BCUT2D eigenvalue weighted by Gasteiger charge is 2.15. The molecule has 1 aromatic carbocycles. The van der Waals surface area contributed by atoms with Crippen LogP contribution >= 0.6 is 0 Å². The van der Waals surface area contributed by atoms with E-state index >= 15 is 0 Å². The Morgan fingerprint density at radius 2 is 2.00 bits per heavy atom. The second kappa shape index (κ2) is 8.54. The molecule has 5 nitrogen and oxygen atoms in total. The summed E-state index contributed by atoms with van der Waals surface area (Å²) in [7, 11) is 0. The third kappa shape index (κ3) is 5.15. The van der Waals surface area contributed by atoms with Crippen molar-refractivity contribution in [2.24, 2.45) is 5.92 Å².